The second-order valence-electron chi connectivity index (χ2n) is 6.39. The number of amides is 2. The third-order valence-corrected chi connectivity index (χ3v) is 3.36. The molecule has 6 heteroatoms. The zero-order chi connectivity index (χ0) is 18.9. The monoisotopic (exact) mass is 355 g/mol. The largest absolute Gasteiger partial charge is 0.493 e. The molecule has 0 aliphatic rings. The maximum Gasteiger partial charge on any atom is 0.243 e. The number of anilines is 3. The maximum atomic E-state index is 12.1. The molecule has 2 amide bonds. The first-order valence-corrected chi connectivity index (χ1v) is 8.56. The Kier molecular flexibility index (Phi) is 7.02. The van der Waals surface area contributed by atoms with Gasteiger partial charge in [-0.15, -0.1) is 0 Å². The fourth-order valence-corrected chi connectivity index (χ4v) is 2.20. The number of benzene rings is 2. The molecule has 0 unspecified atom stereocenters. The van der Waals surface area contributed by atoms with Crippen LogP contribution >= 0.6 is 0 Å². The van der Waals surface area contributed by atoms with E-state index in [0.29, 0.717) is 23.9 Å². The van der Waals surface area contributed by atoms with Gasteiger partial charge in [0.15, 0.2) is 0 Å². The highest BCUT2D eigenvalue weighted by Gasteiger charge is 2.04. The molecule has 0 fully saturated rings. The van der Waals surface area contributed by atoms with Gasteiger partial charge < -0.3 is 20.7 Å². The van der Waals surface area contributed by atoms with Crippen molar-refractivity contribution in [1.82, 2.24) is 0 Å². The molecular weight excluding hydrogens is 330 g/mol. The van der Waals surface area contributed by atoms with Crippen molar-refractivity contribution in [2.75, 3.05) is 29.1 Å². The molecule has 0 atom stereocenters. The summed E-state index contributed by atoms with van der Waals surface area (Å²) in [4.78, 5) is 23.2. The minimum Gasteiger partial charge on any atom is -0.493 e. The van der Waals surface area contributed by atoms with E-state index in [-0.39, 0.29) is 18.4 Å². The van der Waals surface area contributed by atoms with Crippen molar-refractivity contribution in [2.45, 2.75) is 20.8 Å². The van der Waals surface area contributed by atoms with Gasteiger partial charge in [-0.3, -0.25) is 9.59 Å². The lowest BCUT2D eigenvalue weighted by atomic mass is 10.2. The summed E-state index contributed by atoms with van der Waals surface area (Å²) in [6, 6.07) is 14.5. The number of hydrogen-bond acceptors (Lipinski definition) is 4. The summed E-state index contributed by atoms with van der Waals surface area (Å²) in [6.45, 7) is 6.41. The number of carbonyl (C=O) groups is 2. The zero-order valence-electron chi connectivity index (χ0n) is 15.3. The van der Waals surface area contributed by atoms with Crippen molar-refractivity contribution in [1.29, 1.82) is 0 Å². The van der Waals surface area contributed by atoms with E-state index in [1.165, 1.54) is 6.92 Å². The minimum atomic E-state index is -0.161. The van der Waals surface area contributed by atoms with Crippen molar-refractivity contribution in [3.05, 3.63) is 48.5 Å². The first-order valence-electron chi connectivity index (χ1n) is 8.56. The van der Waals surface area contributed by atoms with Gasteiger partial charge in [-0.2, -0.15) is 0 Å². The summed E-state index contributed by atoms with van der Waals surface area (Å²) in [5.41, 5.74) is 2.14. The van der Waals surface area contributed by atoms with E-state index in [0.717, 1.165) is 11.4 Å². The molecule has 6 nitrogen and oxygen atoms in total. The predicted molar refractivity (Wildman–Crippen MR) is 105 cm³/mol. The topological polar surface area (TPSA) is 79.5 Å². The average molecular weight is 355 g/mol. The third-order valence-electron chi connectivity index (χ3n) is 3.36. The number of ether oxygens (including phenoxy) is 1. The van der Waals surface area contributed by atoms with E-state index in [2.05, 4.69) is 29.8 Å². The summed E-state index contributed by atoms with van der Waals surface area (Å²) >= 11 is 0. The number of hydrogen-bond donors (Lipinski definition) is 3. The van der Waals surface area contributed by atoms with E-state index in [9.17, 15) is 9.59 Å². The van der Waals surface area contributed by atoms with Gasteiger partial charge in [0.05, 0.1) is 13.2 Å². The molecule has 0 saturated heterocycles. The maximum absolute atomic E-state index is 12.1. The average Bonchev–Trinajstić information content (AvgIpc) is 2.59. The SMILES string of the molecule is CC(=O)Nc1cccc(NCC(=O)Nc2ccc(OCC(C)C)cc2)c1. The van der Waals surface area contributed by atoms with E-state index in [4.69, 9.17) is 4.74 Å². The molecule has 0 saturated carbocycles. The van der Waals surface area contributed by atoms with Crippen LogP contribution in [-0.2, 0) is 9.59 Å². The molecule has 2 rings (SSSR count). The van der Waals surface area contributed by atoms with Gasteiger partial charge in [-0.05, 0) is 48.4 Å². The van der Waals surface area contributed by atoms with Gasteiger partial charge in [0.2, 0.25) is 11.8 Å². The van der Waals surface area contributed by atoms with Gasteiger partial charge in [0.25, 0.3) is 0 Å². The molecule has 0 aliphatic carbocycles. The Morgan fingerprint density at radius 2 is 1.65 bits per heavy atom. The highest BCUT2D eigenvalue weighted by molar-refractivity contribution is 5.94. The minimum absolute atomic E-state index is 0.120. The van der Waals surface area contributed by atoms with Crippen LogP contribution in [0.1, 0.15) is 20.8 Å². The van der Waals surface area contributed by atoms with Crippen LogP contribution in [0.15, 0.2) is 48.5 Å². The highest BCUT2D eigenvalue weighted by Crippen LogP contribution is 2.17. The molecule has 26 heavy (non-hydrogen) atoms. The summed E-state index contributed by atoms with van der Waals surface area (Å²) in [6.07, 6.45) is 0. The van der Waals surface area contributed by atoms with Crippen LogP contribution in [-0.4, -0.2) is 25.0 Å². The Morgan fingerprint density at radius 1 is 0.962 bits per heavy atom. The standard InChI is InChI=1S/C20H25N3O3/c1-14(2)13-26-19-9-7-16(8-10-19)23-20(25)12-21-17-5-4-6-18(11-17)22-15(3)24/h4-11,14,21H,12-13H2,1-3H3,(H,22,24)(H,23,25). The molecule has 0 bridgehead atoms. The molecule has 0 spiro atoms. The Labute approximate surface area is 153 Å². The summed E-state index contributed by atoms with van der Waals surface area (Å²) in [7, 11) is 0. The Hall–Kier alpha value is -3.02. The van der Waals surface area contributed by atoms with Crippen molar-refractivity contribution in [2.24, 2.45) is 5.92 Å². The van der Waals surface area contributed by atoms with E-state index in [1.54, 1.807) is 18.2 Å². The van der Waals surface area contributed by atoms with E-state index in [1.807, 2.05) is 30.3 Å². The Morgan fingerprint density at radius 3 is 2.31 bits per heavy atom. The predicted octanol–water partition coefficient (Wildman–Crippen LogP) is 3.73. The quantitative estimate of drug-likeness (QED) is 0.674. The fraction of sp³-hybridized carbons (Fsp3) is 0.300. The second kappa shape index (κ2) is 9.46. The van der Waals surface area contributed by atoms with Crippen LogP contribution in [0.3, 0.4) is 0 Å². The smallest absolute Gasteiger partial charge is 0.243 e. The molecule has 0 heterocycles. The van der Waals surface area contributed by atoms with Crippen molar-refractivity contribution < 1.29 is 14.3 Å². The van der Waals surface area contributed by atoms with Gasteiger partial charge in [-0.25, -0.2) is 0 Å². The molecule has 138 valence electrons. The fourth-order valence-electron chi connectivity index (χ4n) is 2.20. The molecular formula is C20H25N3O3. The highest BCUT2D eigenvalue weighted by atomic mass is 16.5. The van der Waals surface area contributed by atoms with Crippen LogP contribution in [0.2, 0.25) is 0 Å². The summed E-state index contributed by atoms with van der Waals surface area (Å²) < 4.78 is 5.62. The molecule has 0 radical (unpaired) electrons. The van der Waals surface area contributed by atoms with E-state index < -0.39 is 0 Å². The molecule has 0 aromatic heterocycles. The lowest BCUT2D eigenvalue weighted by Crippen LogP contribution is -2.21. The van der Waals surface area contributed by atoms with Crippen molar-refractivity contribution in [3.8, 4) is 5.75 Å². The van der Waals surface area contributed by atoms with Crippen molar-refractivity contribution in [3.63, 3.8) is 0 Å². The lowest BCUT2D eigenvalue weighted by molar-refractivity contribution is -0.115. The zero-order valence-corrected chi connectivity index (χ0v) is 15.3. The van der Waals surface area contributed by atoms with Gasteiger partial charge in [0, 0.05) is 24.0 Å². The van der Waals surface area contributed by atoms with Crippen molar-refractivity contribution >= 4 is 28.9 Å². The van der Waals surface area contributed by atoms with Gasteiger partial charge in [-0.1, -0.05) is 19.9 Å². The summed E-state index contributed by atoms with van der Waals surface area (Å²) in [5.74, 6) is 0.945. The molecule has 0 aliphatic heterocycles. The van der Waals surface area contributed by atoms with Gasteiger partial charge in [0.1, 0.15) is 5.75 Å². The van der Waals surface area contributed by atoms with E-state index >= 15 is 0 Å². The molecule has 2 aromatic carbocycles. The lowest BCUT2D eigenvalue weighted by Gasteiger charge is -2.11. The third kappa shape index (κ3) is 6.84. The number of carbonyl (C=O) groups excluding carboxylic acids is 2. The number of rotatable bonds is 8. The van der Waals surface area contributed by atoms with Crippen LogP contribution in [0.4, 0.5) is 17.1 Å². The van der Waals surface area contributed by atoms with Crippen LogP contribution in [0.25, 0.3) is 0 Å². The molecule has 3 N–H and O–H groups in total. The Bertz CT molecular complexity index is 742. The van der Waals surface area contributed by atoms with Crippen LogP contribution < -0.4 is 20.7 Å². The normalized spacial score (nSPS) is 10.3. The molecule has 2 aromatic rings. The van der Waals surface area contributed by atoms with Gasteiger partial charge >= 0.3 is 0 Å². The summed E-state index contributed by atoms with van der Waals surface area (Å²) in [5, 5.41) is 8.56. The van der Waals surface area contributed by atoms with Crippen LogP contribution in [0, 0.1) is 5.92 Å². The first-order chi connectivity index (χ1) is 12.4. The number of nitrogens with one attached hydrogen (secondary N) is 3. The Balaban J connectivity index is 1.82. The van der Waals surface area contributed by atoms with Crippen LogP contribution in [0.5, 0.6) is 5.75 Å². The first kappa shape index (κ1) is 19.3. The second-order valence-corrected chi connectivity index (χ2v) is 6.39.